The summed E-state index contributed by atoms with van der Waals surface area (Å²) in [6, 6.07) is -2.37. The van der Waals surface area contributed by atoms with Crippen molar-refractivity contribution in [3.63, 3.8) is 0 Å². The van der Waals surface area contributed by atoms with E-state index in [1.54, 1.807) is 0 Å². The summed E-state index contributed by atoms with van der Waals surface area (Å²) in [5.74, 6) is -2.24. The maximum absolute atomic E-state index is 11.9. The lowest BCUT2D eigenvalue weighted by molar-refractivity contribution is -0.165. The SMILES string of the molecule is COC(=O)C[C@H](N)C(=O)OC(=O)[C@@H](N)CO[C@]1(C)CCCC[C@H]1C. The molecular weight excluding hydrogens is 316 g/mol. The second kappa shape index (κ2) is 9.10. The molecule has 8 heteroatoms. The van der Waals surface area contributed by atoms with Crippen molar-refractivity contribution in [3.8, 4) is 0 Å². The van der Waals surface area contributed by atoms with Gasteiger partial charge in [-0.3, -0.25) is 4.79 Å². The van der Waals surface area contributed by atoms with Crippen molar-refractivity contribution in [2.45, 2.75) is 63.6 Å². The molecule has 0 aromatic heterocycles. The molecule has 0 aromatic carbocycles. The van der Waals surface area contributed by atoms with E-state index in [9.17, 15) is 14.4 Å². The van der Waals surface area contributed by atoms with Crippen molar-refractivity contribution >= 4 is 17.9 Å². The molecule has 8 nitrogen and oxygen atoms in total. The average molecular weight is 344 g/mol. The zero-order valence-electron chi connectivity index (χ0n) is 14.6. The Balaban J connectivity index is 2.44. The first-order valence-corrected chi connectivity index (χ1v) is 8.17. The summed E-state index contributed by atoms with van der Waals surface area (Å²) < 4.78 is 14.8. The number of carbonyl (C=O) groups is 3. The molecular formula is C16H28N2O6. The van der Waals surface area contributed by atoms with Crippen molar-refractivity contribution in [1.82, 2.24) is 0 Å². The fourth-order valence-electron chi connectivity index (χ4n) is 2.64. The Hall–Kier alpha value is -1.51. The van der Waals surface area contributed by atoms with Gasteiger partial charge in [-0.2, -0.15) is 0 Å². The third kappa shape index (κ3) is 5.85. The lowest BCUT2D eigenvalue weighted by Gasteiger charge is -2.40. The van der Waals surface area contributed by atoms with Crippen LogP contribution in [0.3, 0.4) is 0 Å². The van der Waals surface area contributed by atoms with Crippen LogP contribution >= 0.6 is 0 Å². The number of hydrogen-bond acceptors (Lipinski definition) is 8. The Labute approximate surface area is 142 Å². The molecule has 0 spiro atoms. The molecule has 0 saturated heterocycles. The quantitative estimate of drug-likeness (QED) is 0.496. The van der Waals surface area contributed by atoms with Gasteiger partial charge in [0.1, 0.15) is 12.1 Å². The van der Waals surface area contributed by atoms with Crippen molar-refractivity contribution in [2.24, 2.45) is 17.4 Å². The van der Waals surface area contributed by atoms with Crippen molar-refractivity contribution in [3.05, 3.63) is 0 Å². The van der Waals surface area contributed by atoms with Gasteiger partial charge in [-0.25, -0.2) is 9.59 Å². The summed E-state index contributed by atoms with van der Waals surface area (Å²) in [6.07, 6.45) is 3.84. The Morgan fingerprint density at radius 2 is 1.79 bits per heavy atom. The number of rotatable bonds is 7. The molecule has 1 fully saturated rings. The van der Waals surface area contributed by atoms with Crippen LogP contribution in [0.15, 0.2) is 0 Å². The fourth-order valence-corrected chi connectivity index (χ4v) is 2.64. The summed E-state index contributed by atoms with van der Waals surface area (Å²) in [5.41, 5.74) is 10.9. The van der Waals surface area contributed by atoms with E-state index in [2.05, 4.69) is 16.4 Å². The molecule has 4 atom stereocenters. The van der Waals surface area contributed by atoms with E-state index in [-0.39, 0.29) is 18.6 Å². The first kappa shape index (κ1) is 20.5. The molecule has 0 aliphatic heterocycles. The van der Waals surface area contributed by atoms with Gasteiger partial charge in [0, 0.05) is 0 Å². The lowest BCUT2D eigenvalue weighted by Crippen LogP contribution is -2.46. The average Bonchev–Trinajstić information content (AvgIpc) is 2.55. The Bertz CT molecular complexity index is 469. The number of nitrogens with two attached hydrogens (primary N) is 2. The Morgan fingerprint density at radius 1 is 1.17 bits per heavy atom. The molecule has 4 N–H and O–H groups in total. The molecule has 0 aromatic rings. The van der Waals surface area contributed by atoms with E-state index < -0.39 is 30.0 Å². The Morgan fingerprint density at radius 3 is 2.38 bits per heavy atom. The van der Waals surface area contributed by atoms with Gasteiger partial charge < -0.3 is 25.7 Å². The summed E-state index contributed by atoms with van der Waals surface area (Å²) in [7, 11) is 1.17. The van der Waals surface area contributed by atoms with E-state index in [1.807, 2.05) is 6.92 Å². The molecule has 1 saturated carbocycles. The Kier molecular flexibility index (Phi) is 7.78. The van der Waals surface area contributed by atoms with E-state index in [4.69, 9.17) is 16.2 Å². The minimum atomic E-state index is -1.27. The first-order chi connectivity index (χ1) is 11.2. The van der Waals surface area contributed by atoms with Crippen LogP contribution in [0.5, 0.6) is 0 Å². The molecule has 1 rings (SSSR count). The highest BCUT2D eigenvalue weighted by atomic mass is 16.6. The van der Waals surface area contributed by atoms with Gasteiger partial charge in [0.2, 0.25) is 0 Å². The van der Waals surface area contributed by atoms with Gasteiger partial charge >= 0.3 is 17.9 Å². The normalized spacial score (nSPS) is 26.3. The van der Waals surface area contributed by atoms with Gasteiger partial charge in [-0.05, 0) is 25.7 Å². The van der Waals surface area contributed by atoms with Crippen molar-refractivity contribution in [1.29, 1.82) is 0 Å². The molecule has 1 aliphatic rings. The van der Waals surface area contributed by atoms with E-state index in [1.165, 1.54) is 13.5 Å². The second-order valence-corrected chi connectivity index (χ2v) is 6.50. The van der Waals surface area contributed by atoms with Crippen LogP contribution in [0.25, 0.3) is 0 Å². The zero-order chi connectivity index (χ0) is 18.3. The largest absolute Gasteiger partial charge is 0.469 e. The lowest BCUT2D eigenvalue weighted by atomic mass is 9.77. The van der Waals surface area contributed by atoms with Crippen LogP contribution in [0, 0.1) is 5.92 Å². The molecule has 0 unspecified atom stereocenters. The van der Waals surface area contributed by atoms with Gasteiger partial charge in [-0.15, -0.1) is 0 Å². The minimum absolute atomic E-state index is 0.0425. The maximum atomic E-state index is 11.9. The number of esters is 3. The summed E-state index contributed by atoms with van der Waals surface area (Å²) in [4.78, 5) is 34.6. The molecule has 0 amide bonds. The molecule has 0 radical (unpaired) electrons. The minimum Gasteiger partial charge on any atom is -0.469 e. The monoisotopic (exact) mass is 344 g/mol. The number of carbonyl (C=O) groups excluding carboxylic acids is 3. The fraction of sp³-hybridized carbons (Fsp3) is 0.812. The highest BCUT2D eigenvalue weighted by Gasteiger charge is 2.36. The van der Waals surface area contributed by atoms with Crippen LogP contribution in [-0.4, -0.2) is 49.3 Å². The molecule has 138 valence electrons. The van der Waals surface area contributed by atoms with Gasteiger partial charge in [0.05, 0.1) is 25.7 Å². The van der Waals surface area contributed by atoms with Crippen LogP contribution in [-0.2, 0) is 28.6 Å². The van der Waals surface area contributed by atoms with Gasteiger partial charge in [0.25, 0.3) is 0 Å². The molecule has 24 heavy (non-hydrogen) atoms. The van der Waals surface area contributed by atoms with E-state index in [0.717, 1.165) is 19.3 Å². The maximum Gasteiger partial charge on any atom is 0.333 e. The topological polar surface area (TPSA) is 131 Å². The summed E-state index contributed by atoms with van der Waals surface area (Å²) in [5, 5.41) is 0. The second-order valence-electron chi connectivity index (χ2n) is 6.50. The number of hydrogen-bond donors (Lipinski definition) is 2. The first-order valence-electron chi connectivity index (χ1n) is 8.17. The van der Waals surface area contributed by atoms with Gasteiger partial charge in [0.15, 0.2) is 0 Å². The standard InChI is InChI=1S/C16H28N2O6/c1-10-6-4-5-7-16(10,2)23-9-12(18)15(21)24-14(20)11(17)8-13(19)22-3/h10-12H,4-9,17-18H2,1-3H3/t10-,11+,12+,16-/m1/s1. The molecule has 0 bridgehead atoms. The predicted octanol–water partition coefficient (Wildman–Crippen LogP) is 0.259. The van der Waals surface area contributed by atoms with E-state index in [0.29, 0.717) is 5.92 Å². The third-order valence-corrected chi connectivity index (χ3v) is 4.62. The number of methoxy groups -OCH3 is 1. The van der Waals surface area contributed by atoms with Crippen LogP contribution in [0.4, 0.5) is 0 Å². The third-order valence-electron chi connectivity index (χ3n) is 4.62. The van der Waals surface area contributed by atoms with Crippen molar-refractivity contribution in [2.75, 3.05) is 13.7 Å². The molecule has 0 heterocycles. The van der Waals surface area contributed by atoms with Crippen LogP contribution in [0.2, 0.25) is 0 Å². The number of ether oxygens (including phenoxy) is 3. The summed E-state index contributed by atoms with van der Waals surface area (Å²) >= 11 is 0. The predicted molar refractivity (Wildman–Crippen MR) is 85.7 cm³/mol. The van der Waals surface area contributed by atoms with Crippen LogP contribution in [0.1, 0.15) is 46.0 Å². The molecule has 1 aliphatic carbocycles. The highest BCUT2D eigenvalue weighted by Crippen LogP contribution is 2.36. The summed E-state index contributed by atoms with van der Waals surface area (Å²) in [6.45, 7) is 4.07. The van der Waals surface area contributed by atoms with E-state index >= 15 is 0 Å². The van der Waals surface area contributed by atoms with Crippen LogP contribution < -0.4 is 11.5 Å². The van der Waals surface area contributed by atoms with Gasteiger partial charge in [-0.1, -0.05) is 19.8 Å². The zero-order valence-corrected chi connectivity index (χ0v) is 14.6. The van der Waals surface area contributed by atoms with Crippen molar-refractivity contribution < 1.29 is 28.6 Å². The highest BCUT2D eigenvalue weighted by molar-refractivity contribution is 5.92. The smallest absolute Gasteiger partial charge is 0.333 e.